The monoisotopic (exact) mass is 207 g/mol. The molecule has 13 heavy (non-hydrogen) atoms. The van der Waals surface area contributed by atoms with Gasteiger partial charge < -0.3 is 5.11 Å². The third kappa shape index (κ3) is 2.65. The molecule has 0 aliphatic carbocycles. The predicted molar refractivity (Wildman–Crippen MR) is 50.8 cm³/mol. The van der Waals surface area contributed by atoms with Crippen LogP contribution in [0.5, 0.6) is 0 Å². The summed E-state index contributed by atoms with van der Waals surface area (Å²) >= 11 is 0. The lowest BCUT2D eigenvalue weighted by Crippen LogP contribution is -2.42. The fourth-order valence-corrected chi connectivity index (χ4v) is 2.36. The molecule has 1 heterocycles. The van der Waals surface area contributed by atoms with Crippen molar-refractivity contribution in [1.29, 1.82) is 0 Å². The smallest absolute Gasteiger partial charge is 0.211 e. The van der Waals surface area contributed by atoms with Crippen molar-refractivity contribution < 1.29 is 13.5 Å². The van der Waals surface area contributed by atoms with Crippen molar-refractivity contribution in [2.75, 3.05) is 26.0 Å². The summed E-state index contributed by atoms with van der Waals surface area (Å²) in [5, 5.41) is 9.07. The summed E-state index contributed by atoms with van der Waals surface area (Å²) in [4.78, 5) is 0. The molecule has 0 aromatic carbocycles. The first-order valence-corrected chi connectivity index (χ1v) is 6.28. The number of rotatable bonds is 2. The quantitative estimate of drug-likeness (QED) is 0.695. The van der Waals surface area contributed by atoms with E-state index in [0.29, 0.717) is 13.1 Å². The molecule has 0 spiro atoms. The first-order valence-electron chi connectivity index (χ1n) is 4.43. The number of aliphatic hydroxyl groups excluding tert-OH is 1. The van der Waals surface area contributed by atoms with Crippen LogP contribution in [-0.4, -0.2) is 43.8 Å². The normalized spacial score (nSPS) is 24.5. The molecule has 0 radical (unpaired) electrons. The molecule has 0 saturated carbocycles. The molecule has 1 N–H and O–H groups in total. The summed E-state index contributed by atoms with van der Waals surface area (Å²) in [7, 11) is -3.03. The Labute approximate surface area is 79.6 Å². The van der Waals surface area contributed by atoms with Crippen LogP contribution < -0.4 is 0 Å². The number of hydrogen-bond donors (Lipinski definition) is 1. The topological polar surface area (TPSA) is 57.6 Å². The van der Waals surface area contributed by atoms with Gasteiger partial charge in [0.25, 0.3) is 0 Å². The van der Waals surface area contributed by atoms with Gasteiger partial charge in [-0.05, 0) is 18.3 Å². The van der Waals surface area contributed by atoms with E-state index in [0.717, 1.165) is 12.8 Å². The zero-order valence-electron chi connectivity index (χ0n) is 8.15. The lowest BCUT2D eigenvalue weighted by Gasteiger charge is -2.36. The van der Waals surface area contributed by atoms with E-state index in [1.54, 1.807) is 0 Å². The fourth-order valence-electron chi connectivity index (χ4n) is 1.52. The summed E-state index contributed by atoms with van der Waals surface area (Å²) in [6.07, 6.45) is 2.72. The number of sulfonamides is 1. The highest BCUT2D eigenvalue weighted by atomic mass is 32.2. The second kappa shape index (κ2) is 3.55. The predicted octanol–water partition coefficient (Wildman–Crippen LogP) is 0.0404. The maximum absolute atomic E-state index is 11.1. The van der Waals surface area contributed by atoms with Crippen LogP contribution in [0.2, 0.25) is 0 Å². The highest BCUT2D eigenvalue weighted by Crippen LogP contribution is 2.30. The van der Waals surface area contributed by atoms with Crippen molar-refractivity contribution in [1.82, 2.24) is 4.31 Å². The van der Waals surface area contributed by atoms with Crippen LogP contribution >= 0.6 is 0 Å². The van der Waals surface area contributed by atoms with Crippen LogP contribution in [-0.2, 0) is 10.0 Å². The molecule has 1 aliphatic rings. The molecule has 1 rings (SSSR count). The Hall–Kier alpha value is -0.130. The van der Waals surface area contributed by atoms with Gasteiger partial charge in [0.2, 0.25) is 10.0 Å². The second-order valence-corrected chi connectivity index (χ2v) is 6.11. The maximum Gasteiger partial charge on any atom is 0.211 e. The summed E-state index contributed by atoms with van der Waals surface area (Å²) in [5.74, 6) is 0. The van der Waals surface area contributed by atoms with Crippen molar-refractivity contribution in [2.45, 2.75) is 19.8 Å². The van der Waals surface area contributed by atoms with E-state index in [1.807, 2.05) is 6.92 Å². The molecular formula is C8H17NO3S. The third-order valence-corrected chi connectivity index (χ3v) is 4.08. The van der Waals surface area contributed by atoms with Crippen LogP contribution in [0.25, 0.3) is 0 Å². The van der Waals surface area contributed by atoms with E-state index < -0.39 is 10.0 Å². The molecule has 0 amide bonds. The highest BCUT2D eigenvalue weighted by Gasteiger charge is 2.32. The summed E-state index contributed by atoms with van der Waals surface area (Å²) in [6, 6.07) is 0. The molecule has 0 atom stereocenters. The van der Waals surface area contributed by atoms with Gasteiger partial charge in [0.05, 0.1) is 6.26 Å². The molecule has 78 valence electrons. The zero-order valence-corrected chi connectivity index (χ0v) is 8.97. The Morgan fingerprint density at radius 3 is 2.15 bits per heavy atom. The molecule has 1 fully saturated rings. The summed E-state index contributed by atoms with van der Waals surface area (Å²) in [5.41, 5.74) is -0.0822. The van der Waals surface area contributed by atoms with Crippen molar-refractivity contribution in [3.8, 4) is 0 Å². The average Bonchev–Trinajstić information content (AvgIpc) is 2.04. The van der Waals surface area contributed by atoms with E-state index in [1.165, 1.54) is 10.6 Å². The minimum atomic E-state index is -3.03. The minimum absolute atomic E-state index is 0.0822. The number of nitrogens with zero attached hydrogens (tertiary/aromatic N) is 1. The van der Waals surface area contributed by atoms with Crippen molar-refractivity contribution in [3.63, 3.8) is 0 Å². The average molecular weight is 207 g/mol. The van der Waals surface area contributed by atoms with Gasteiger partial charge in [0, 0.05) is 19.7 Å². The van der Waals surface area contributed by atoms with E-state index in [2.05, 4.69) is 0 Å². The molecule has 0 unspecified atom stereocenters. The number of aliphatic hydroxyl groups is 1. The second-order valence-electron chi connectivity index (χ2n) is 4.13. The first kappa shape index (κ1) is 10.9. The molecule has 4 nitrogen and oxygen atoms in total. The maximum atomic E-state index is 11.1. The standard InChI is InChI=1S/C8H17NO3S/c1-8(7-10)3-5-9(6-4-8)13(2,11)12/h10H,3-7H2,1-2H3. The minimum Gasteiger partial charge on any atom is -0.396 e. The number of hydrogen-bond acceptors (Lipinski definition) is 3. The first-order chi connectivity index (χ1) is 5.87. The van der Waals surface area contributed by atoms with Crippen LogP contribution in [0, 0.1) is 5.41 Å². The lowest BCUT2D eigenvalue weighted by molar-refractivity contribution is 0.0855. The summed E-state index contributed by atoms with van der Waals surface area (Å²) in [6.45, 7) is 3.21. The van der Waals surface area contributed by atoms with Crippen molar-refractivity contribution in [3.05, 3.63) is 0 Å². The lowest BCUT2D eigenvalue weighted by atomic mass is 9.82. The van der Waals surface area contributed by atoms with Gasteiger partial charge in [0.15, 0.2) is 0 Å². The van der Waals surface area contributed by atoms with E-state index >= 15 is 0 Å². The zero-order chi connectivity index (χ0) is 10.1. The Bertz CT molecular complexity index is 265. The molecule has 0 aromatic heterocycles. The van der Waals surface area contributed by atoms with Crippen LogP contribution in [0.3, 0.4) is 0 Å². The van der Waals surface area contributed by atoms with Crippen molar-refractivity contribution in [2.24, 2.45) is 5.41 Å². The molecule has 0 aromatic rings. The fraction of sp³-hybridized carbons (Fsp3) is 1.00. The Morgan fingerprint density at radius 2 is 1.85 bits per heavy atom. The Morgan fingerprint density at radius 1 is 1.38 bits per heavy atom. The third-order valence-electron chi connectivity index (χ3n) is 2.78. The van der Waals surface area contributed by atoms with Gasteiger partial charge in [-0.1, -0.05) is 6.92 Å². The van der Waals surface area contributed by atoms with Crippen LogP contribution in [0.4, 0.5) is 0 Å². The van der Waals surface area contributed by atoms with Gasteiger partial charge >= 0.3 is 0 Å². The molecule has 0 bridgehead atoms. The van der Waals surface area contributed by atoms with Gasteiger partial charge in [-0.3, -0.25) is 0 Å². The number of piperidine rings is 1. The van der Waals surface area contributed by atoms with E-state index in [9.17, 15) is 8.42 Å². The highest BCUT2D eigenvalue weighted by molar-refractivity contribution is 7.88. The molecular weight excluding hydrogens is 190 g/mol. The Kier molecular flexibility index (Phi) is 2.99. The van der Waals surface area contributed by atoms with Gasteiger partial charge in [-0.25, -0.2) is 12.7 Å². The van der Waals surface area contributed by atoms with Crippen LogP contribution in [0.1, 0.15) is 19.8 Å². The summed E-state index contributed by atoms with van der Waals surface area (Å²) < 4.78 is 23.8. The van der Waals surface area contributed by atoms with Crippen LogP contribution in [0.15, 0.2) is 0 Å². The van der Waals surface area contributed by atoms with Gasteiger partial charge in [-0.2, -0.15) is 0 Å². The molecule has 1 aliphatic heterocycles. The molecule has 5 heteroatoms. The SMILES string of the molecule is CC1(CO)CCN(S(C)(=O)=O)CC1. The largest absolute Gasteiger partial charge is 0.396 e. The van der Waals surface area contributed by atoms with E-state index in [-0.39, 0.29) is 12.0 Å². The molecule has 1 saturated heterocycles. The van der Waals surface area contributed by atoms with E-state index in [4.69, 9.17) is 5.11 Å². The van der Waals surface area contributed by atoms with Gasteiger partial charge in [0.1, 0.15) is 0 Å². The van der Waals surface area contributed by atoms with Gasteiger partial charge in [-0.15, -0.1) is 0 Å². The van der Waals surface area contributed by atoms with Crippen molar-refractivity contribution >= 4 is 10.0 Å². The Balaban J connectivity index is 2.58.